The van der Waals surface area contributed by atoms with Crippen molar-refractivity contribution in [3.05, 3.63) is 18.0 Å². The van der Waals surface area contributed by atoms with Crippen molar-refractivity contribution in [3.63, 3.8) is 0 Å². The van der Waals surface area contributed by atoms with Crippen molar-refractivity contribution < 1.29 is 8.42 Å². The molecule has 0 spiro atoms. The van der Waals surface area contributed by atoms with Crippen LogP contribution in [-0.2, 0) is 23.1 Å². The number of primary sulfonamides is 1. The van der Waals surface area contributed by atoms with Crippen molar-refractivity contribution >= 4 is 10.0 Å². The first-order valence-corrected chi connectivity index (χ1v) is 6.95. The van der Waals surface area contributed by atoms with Gasteiger partial charge in [-0.3, -0.25) is 4.68 Å². The Morgan fingerprint density at radius 1 is 1.56 bits per heavy atom. The molecule has 0 aliphatic heterocycles. The first kappa shape index (κ1) is 13.1. The van der Waals surface area contributed by atoms with Crippen molar-refractivity contribution in [1.82, 2.24) is 15.1 Å². The van der Waals surface area contributed by atoms with Gasteiger partial charge in [-0.05, 0) is 19.9 Å². The standard InChI is InChI=1S/C9H18N4O2S/c1-2-13-8-9(7-12-13)6-11-4-3-5-16(10,14)15/h7-8,11H,2-6H2,1H3,(H2,10,14,15). The number of nitrogens with zero attached hydrogens (tertiary/aromatic N) is 2. The summed E-state index contributed by atoms with van der Waals surface area (Å²) in [6, 6.07) is 0. The molecule has 92 valence electrons. The molecule has 0 aliphatic carbocycles. The normalized spacial score (nSPS) is 11.9. The number of aryl methyl sites for hydroxylation is 1. The third-order valence-electron chi connectivity index (χ3n) is 2.12. The monoisotopic (exact) mass is 246 g/mol. The highest BCUT2D eigenvalue weighted by Crippen LogP contribution is 1.96. The summed E-state index contributed by atoms with van der Waals surface area (Å²) in [5.74, 6) is 0.0220. The topological polar surface area (TPSA) is 90.0 Å². The van der Waals surface area contributed by atoms with Gasteiger partial charge in [0.15, 0.2) is 0 Å². The van der Waals surface area contributed by atoms with E-state index in [0.29, 0.717) is 19.5 Å². The molecule has 7 heteroatoms. The minimum Gasteiger partial charge on any atom is -0.313 e. The molecule has 0 bridgehead atoms. The maximum Gasteiger partial charge on any atom is 0.209 e. The lowest BCUT2D eigenvalue weighted by atomic mass is 10.3. The van der Waals surface area contributed by atoms with Crippen LogP contribution in [0.5, 0.6) is 0 Å². The highest BCUT2D eigenvalue weighted by Gasteiger charge is 2.01. The Hall–Kier alpha value is -0.920. The zero-order valence-corrected chi connectivity index (χ0v) is 10.2. The van der Waals surface area contributed by atoms with Crippen LogP contribution in [0.3, 0.4) is 0 Å². The van der Waals surface area contributed by atoms with Crippen LogP contribution in [0.4, 0.5) is 0 Å². The molecule has 0 fully saturated rings. The first-order valence-electron chi connectivity index (χ1n) is 5.24. The van der Waals surface area contributed by atoms with E-state index in [4.69, 9.17) is 5.14 Å². The maximum absolute atomic E-state index is 10.6. The van der Waals surface area contributed by atoms with Crippen LogP contribution in [0.15, 0.2) is 12.4 Å². The lowest BCUT2D eigenvalue weighted by Gasteiger charge is -2.01. The Morgan fingerprint density at radius 3 is 2.88 bits per heavy atom. The molecular weight excluding hydrogens is 228 g/mol. The van der Waals surface area contributed by atoms with Gasteiger partial charge in [0.05, 0.1) is 11.9 Å². The SMILES string of the molecule is CCn1cc(CNCCCS(N)(=O)=O)cn1. The van der Waals surface area contributed by atoms with Crippen molar-refractivity contribution in [2.75, 3.05) is 12.3 Å². The molecule has 0 amide bonds. The van der Waals surface area contributed by atoms with E-state index >= 15 is 0 Å². The minimum absolute atomic E-state index is 0.0220. The van der Waals surface area contributed by atoms with Gasteiger partial charge in [-0.2, -0.15) is 5.10 Å². The minimum atomic E-state index is -3.33. The van der Waals surface area contributed by atoms with Gasteiger partial charge in [-0.25, -0.2) is 13.6 Å². The van der Waals surface area contributed by atoms with Crippen LogP contribution < -0.4 is 10.5 Å². The zero-order chi connectivity index (χ0) is 12.0. The molecule has 0 aromatic carbocycles. The number of aromatic nitrogens is 2. The van der Waals surface area contributed by atoms with Gasteiger partial charge in [-0.15, -0.1) is 0 Å². The fourth-order valence-corrected chi connectivity index (χ4v) is 1.85. The molecule has 0 atom stereocenters. The van der Waals surface area contributed by atoms with E-state index < -0.39 is 10.0 Å². The average Bonchev–Trinajstić information content (AvgIpc) is 2.63. The molecule has 1 heterocycles. The van der Waals surface area contributed by atoms with E-state index in [1.807, 2.05) is 17.8 Å². The van der Waals surface area contributed by atoms with Crippen LogP contribution >= 0.6 is 0 Å². The quantitative estimate of drug-likeness (QED) is 0.645. The van der Waals surface area contributed by atoms with Gasteiger partial charge in [-0.1, -0.05) is 0 Å². The second kappa shape index (κ2) is 5.97. The largest absolute Gasteiger partial charge is 0.313 e. The Kier molecular flexibility index (Phi) is 4.91. The Balaban J connectivity index is 2.16. The van der Waals surface area contributed by atoms with Crippen molar-refractivity contribution in [2.24, 2.45) is 5.14 Å². The second-order valence-electron chi connectivity index (χ2n) is 3.60. The molecule has 16 heavy (non-hydrogen) atoms. The molecule has 1 rings (SSSR count). The third kappa shape index (κ3) is 5.24. The van der Waals surface area contributed by atoms with E-state index in [0.717, 1.165) is 12.1 Å². The molecule has 0 unspecified atom stereocenters. The van der Waals surface area contributed by atoms with Gasteiger partial charge in [0, 0.05) is 24.8 Å². The summed E-state index contributed by atoms with van der Waals surface area (Å²) < 4.78 is 23.1. The van der Waals surface area contributed by atoms with Crippen molar-refractivity contribution in [2.45, 2.75) is 26.4 Å². The van der Waals surface area contributed by atoms with Gasteiger partial charge in [0.2, 0.25) is 10.0 Å². The summed E-state index contributed by atoms with van der Waals surface area (Å²) in [5.41, 5.74) is 1.09. The number of hydrogen-bond donors (Lipinski definition) is 2. The van der Waals surface area contributed by atoms with E-state index in [-0.39, 0.29) is 5.75 Å². The average molecular weight is 246 g/mol. The predicted molar refractivity (Wildman–Crippen MR) is 62.2 cm³/mol. The summed E-state index contributed by atoms with van der Waals surface area (Å²) in [7, 11) is -3.33. The molecule has 0 saturated heterocycles. The zero-order valence-electron chi connectivity index (χ0n) is 9.39. The fourth-order valence-electron chi connectivity index (χ4n) is 1.30. The second-order valence-corrected chi connectivity index (χ2v) is 5.34. The summed E-state index contributed by atoms with van der Waals surface area (Å²) >= 11 is 0. The first-order chi connectivity index (χ1) is 7.51. The molecular formula is C9H18N4O2S. The van der Waals surface area contributed by atoms with Crippen LogP contribution in [0.2, 0.25) is 0 Å². The number of nitrogens with one attached hydrogen (secondary N) is 1. The van der Waals surface area contributed by atoms with Gasteiger partial charge >= 0.3 is 0 Å². The lowest BCUT2D eigenvalue weighted by molar-refractivity contribution is 0.590. The smallest absolute Gasteiger partial charge is 0.209 e. The van der Waals surface area contributed by atoms with Crippen molar-refractivity contribution in [1.29, 1.82) is 0 Å². The van der Waals surface area contributed by atoms with Crippen LogP contribution in [0, 0.1) is 0 Å². The molecule has 0 radical (unpaired) electrons. The number of hydrogen-bond acceptors (Lipinski definition) is 4. The van der Waals surface area contributed by atoms with E-state index in [1.165, 1.54) is 0 Å². The fraction of sp³-hybridized carbons (Fsp3) is 0.667. The molecule has 0 saturated carbocycles. The van der Waals surface area contributed by atoms with E-state index in [2.05, 4.69) is 10.4 Å². The summed E-state index contributed by atoms with van der Waals surface area (Å²) in [6.45, 7) is 4.21. The van der Waals surface area contributed by atoms with E-state index in [1.54, 1.807) is 6.20 Å². The molecule has 0 aliphatic rings. The summed E-state index contributed by atoms with van der Waals surface area (Å²) in [5, 5.41) is 12.2. The van der Waals surface area contributed by atoms with Gasteiger partial charge in [0.1, 0.15) is 0 Å². The molecule has 3 N–H and O–H groups in total. The molecule has 1 aromatic rings. The molecule has 1 aromatic heterocycles. The van der Waals surface area contributed by atoms with E-state index in [9.17, 15) is 8.42 Å². The Labute approximate surface area is 95.9 Å². The Morgan fingerprint density at radius 2 is 2.31 bits per heavy atom. The van der Waals surface area contributed by atoms with Gasteiger partial charge < -0.3 is 5.32 Å². The molecule has 6 nitrogen and oxygen atoms in total. The third-order valence-corrected chi connectivity index (χ3v) is 2.98. The van der Waals surface area contributed by atoms with Crippen LogP contribution in [0.1, 0.15) is 18.9 Å². The highest BCUT2D eigenvalue weighted by molar-refractivity contribution is 7.89. The Bertz CT molecular complexity index is 413. The number of rotatable bonds is 7. The summed E-state index contributed by atoms with van der Waals surface area (Å²) in [6.07, 6.45) is 4.30. The number of sulfonamides is 1. The highest BCUT2D eigenvalue weighted by atomic mass is 32.2. The maximum atomic E-state index is 10.6. The van der Waals surface area contributed by atoms with Gasteiger partial charge in [0.25, 0.3) is 0 Å². The summed E-state index contributed by atoms with van der Waals surface area (Å²) in [4.78, 5) is 0. The number of nitrogens with two attached hydrogens (primary N) is 1. The van der Waals surface area contributed by atoms with Crippen LogP contribution in [0.25, 0.3) is 0 Å². The van der Waals surface area contributed by atoms with Crippen molar-refractivity contribution in [3.8, 4) is 0 Å². The van der Waals surface area contributed by atoms with Crippen LogP contribution in [-0.4, -0.2) is 30.5 Å². The predicted octanol–water partition coefficient (Wildman–Crippen LogP) is -0.329. The lowest BCUT2D eigenvalue weighted by Crippen LogP contribution is -2.21.